The number of aliphatic hydroxyl groups excluding tert-OH is 1. The molecule has 3 heterocycles. The Bertz CT molecular complexity index is 430. The number of nitrogens with zero attached hydrogens (tertiary/aromatic N) is 3. The summed E-state index contributed by atoms with van der Waals surface area (Å²) in [5.74, 6) is -1.03. The zero-order valence-electron chi connectivity index (χ0n) is 12.1. The van der Waals surface area contributed by atoms with E-state index in [2.05, 4.69) is 4.90 Å². The molecule has 0 saturated carbocycles. The van der Waals surface area contributed by atoms with Crippen LogP contribution in [0.2, 0.25) is 0 Å². The molecule has 0 spiro atoms. The fourth-order valence-corrected chi connectivity index (χ4v) is 3.82. The highest BCUT2D eigenvalue weighted by molar-refractivity contribution is 5.83. The van der Waals surface area contributed by atoms with E-state index in [-0.39, 0.29) is 19.0 Å². The number of urea groups is 1. The SMILES string of the molecule is O=C(O)C1CC(O)CN1C(=O)N1CCCN2CCCC2C1. The van der Waals surface area contributed by atoms with Crippen LogP contribution in [0.3, 0.4) is 0 Å². The summed E-state index contributed by atoms with van der Waals surface area (Å²) in [4.78, 5) is 29.5. The Morgan fingerprint density at radius 2 is 1.81 bits per heavy atom. The summed E-state index contributed by atoms with van der Waals surface area (Å²) in [6, 6.07) is -0.713. The quantitative estimate of drug-likeness (QED) is 0.700. The van der Waals surface area contributed by atoms with Gasteiger partial charge in [0.25, 0.3) is 0 Å². The standard InChI is InChI=1S/C14H23N3O4/c18-11-7-12(13(19)20)17(9-11)14(21)16-6-2-5-15-4-1-3-10(15)8-16/h10-12,18H,1-9H2,(H,19,20). The van der Waals surface area contributed by atoms with Gasteiger partial charge in [0.05, 0.1) is 6.10 Å². The van der Waals surface area contributed by atoms with E-state index < -0.39 is 18.1 Å². The summed E-state index contributed by atoms with van der Waals surface area (Å²) < 4.78 is 0. The first-order valence-electron chi connectivity index (χ1n) is 7.76. The lowest BCUT2D eigenvalue weighted by Gasteiger charge is -2.31. The zero-order chi connectivity index (χ0) is 15.0. The molecule has 3 atom stereocenters. The van der Waals surface area contributed by atoms with Crippen molar-refractivity contribution >= 4 is 12.0 Å². The smallest absolute Gasteiger partial charge is 0.326 e. The third-order valence-corrected chi connectivity index (χ3v) is 4.88. The number of fused-ring (bicyclic) bond motifs is 1. The molecular weight excluding hydrogens is 274 g/mol. The van der Waals surface area contributed by atoms with E-state index >= 15 is 0 Å². The van der Waals surface area contributed by atoms with E-state index in [1.165, 1.54) is 11.3 Å². The van der Waals surface area contributed by atoms with E-state index in [1.807, 2.05) is 0 Å². The number of amides is 2. The molecule has 0 aliphatic carbocycles. The Kier molecular flexibility index (Phi) is 4.03. The molecule has 3 aliphatic heterocycles. The molecule has 2 N–H and O–H groups in total. The highest BCUT2D eigenvalue weighted by Crippen LogP contribution is 2.24. The van der Waals surface area contributed by atoms with E-state index in [1.54, 1.807) is 4.90 Å². The van der Waals surface area contributed by atoms with Crippen molar-refractivity contribution in [3.8, 4) is 0 Å². The predicted octanol–water partition coefficient (Wildman–Crippen LogP) is -0.204. The van der Waals surface area contributed by atoms with Crippen molar-refractivity contribution in [2.75, 3.05) is 32.7 Å². The Hall–Kier alpha value is -1.34. The van der Waals surface area contributed by atoms with Crippen molar-refractivity contribution in [1.29, 1.82) is 0 Å². The molecule has 21 heavy (non-hydrogen) atoms. The number of likely N-dealkylation sites (tertiary alicyclic amines) is 1. The number of aliphatic carboxylic acids is 1. The Morgan fingerprint density at radius 3 is 2.57 bits per heavy atom. The van der Waals surface area contributed by atoms with Crippen molar-refractivity contribution in [3.05, 3.63) is 0 Å². The van der Waals surface area contributed by atoms with Gasteiger partial charge >= 0.3 is 12.0 Å². The van der Waals surface area contributed by atoms with Crippen LogP contribution in [0.25, 0.3) is 0 Å². The van der Waals surface area contributed by atoms with Gasteiger partial charge in [-0.05, 0) is 25.8 Å². The van der Waals surface area contributed by atoms with Crippen LogP contribution >= 0.6 is 0 Å². The first-order valence-corrected chi connectivity index (χ1v) is 7.76. The number of β-amino-alcohol motifs (C(OH)–C–C–N with tert-alkyl or cyclic N) is 1. The molecule has 3 saturated heterocycles. The number of carbonyl (C=O) groups is 2. The first kappa shape index (κ1) is 14.6. The molecule has 3 fully saturated rings. The molecule has 3 rings (SSSR count). The summed E-state index contributed by atoms with van der Waals surface area (Å²) >= 11 is 0. The molecule has 2 amide bonds. The fraction of sp³-hybridized carbons (Fsp3) is 0.857. The van der Waals surface area contributed by atoms with Gasteiger partial charge in [-0.3, -0.25) is 4.90 Å². The van der Waals surface area contributed by atoms with Crippen molar-refractivity contribution in [2.45, 2.75) is 43.9 Å². The molecule has 0 aromatic carbocycles. The van der Waals surface area contributed by atoms with Gasteiger partial charge in [0.15, 0.2) is 0 Å². The van der Waals surface area contributed by atoms with Crippen molar-refractivity contribution < 1.29 is 19.8 Å². The second-order valence-electron chi connectivity index (χ2n) is 6.31. The number of carboxylic acid groups (broad SMARTS) is 1. The zero-order valence-corrected chi connectivity index (χ0v) is 12.1. The molecule has 7 heteroatoms. The largest absolute Gasteiger partial charge is 0.480 e. The van der Waals surface area contributed by atoms with Crippen LogP contribution < -0.4 is 0 Å². The van der Waals surface area contributed by atoms with Crippen molar-refractivity contribution in [2.24, 2.45) is 0 Å². The topological polar surface area (TPSA) is 84.3 Å². The molecular formula is C14H23N3O4. The number of rotatable bonds is 1. The fourth-order valence-electron chi connectivity index (χ4n) is 3.82. The summed E-state index contributed by atoms with van der Waals surface area (Å²) in [5.41, 5.74) is 0. The number of aliphatic hydroxyl groups is 1. The van der Waals surface area contributed by atoms with Gasteiger partial charge in [-0.2, -0.15) is 0 Å². The van der Waals surface area contributed by atoms with Gasteiger partial charge in [0, 0.05) is 38.6 Å². The molecule has 3 aliphatic rings. The second kappa shape index (κ2) is 5.81. The van der Waals surface area contributed by atoms with Gasteiger partial charge in [0.2, 0.25) is 0 Å². The molecule has 3 unspecified atom stereocenters. The lowest BCUT2D eigenvalue weighted by atomic mass is 10.2. The van der Waals surface area contributed by atoms with E-state index in [9.17, 15) is 19.8 Å². The molecule has 0 aromatic rings. The maximum absolute atomic E-state index is 12.7. The number of carbonyl (C=O) groups excluding carboxylic acids is 1. The van der Waals surface area contributed by atoms with Gasteiger partial charge in [-0.15, -0.1) is 0 Å². The molecule has 7 nitrogen and oxygen atoms in total. The third-order valence-electron chi connectivity index (χ3n) is 4.88. The normalized spacial score (nSPS) is 33.9. The maximum atomic E-state index is 12.7. The maximum Gasteiger partial charge on any atom is 0.326 e. The minimum absolute atomic E-state index is 0.126. The predicted molar refractivity (Wildman–Crippen MR) is 74.9 cm³/mol. The van der Waals surface area contributed by atoms with Gasteiger partial charge in [-0.25, -0.2) is 9.59 Å². The van der Waals surface area contributed by atoms with E-state index in [4.69, 9.17) is 0 Å². The van der Waals surface area contributed by atoms with Gasteiger partial charge in [-0.1, -0.05) is 0 Å². The molecule has 0 bridgehead atoms. The van der Waals surface area contributed by atoms with Crippen LogP contribution in [0.5, 0.6) is 0 Å². The molecule has 0 aromatic heterocycles. The van der Waals surface area contributed by atoms with E-state index in [0.717, 1.165) is 25.9 Å². The molecule has 0 radical (unpaired) electrons. The van der Waals surface area contributed by atoms with Crippen molar-refractivity contribution in [3.63, 3.8) is 0 Å². The van der Waals surface area contributed by atoms with Crippen molar-refractivity contribution in [1.82, 2.24) is 14.7 Å². The summed E-state index contributed by atoms with van der Waals surface area (Å²) in [7, 11) is 0. The van der Waals surface area contributed by atoms with Gasteiger partial charge < -0.3 is 20.0 Å². The monoisotopic (exact) mass is 297 g/mol. The Balaban J connectivity index is 1.70. The first-order chi connectivity index (χ1) is 10.1. The minimum Gasteiger partial charge on any atom is -0.480 e. The lowest BCUT2D eigenvalue weighted by Crippen LogP contribution is -2.50. The van der Waals surface area contributed by atoms with Gasteiger partial charge in [0.1, 0.15) is 6.04 Å². The van der Waals surface area contributed by atoms with Crippen LogP contribution in [0, 0.1) is 0 Å². The Morgan fingerprint density at radius 1 is 1.05 bits per heavy atom. The lowest BCUT2D eigenvalue weighted by molar-refractivity contribution is -0.141. The number of hydrogen-bond acceptors (Lipinski definition) is 4. The van der Waals surface area contributed by atoms with E-state index in [0.29, 0.717) is 19.1 Å². The van der Waals surface area contributed by atoms with Crippen LogP contribution in [-0.2, 0) is 4.79 Å². The molecule has 118 valence electrons. The highest BCUT2D eigenvalue weighted by atomic mass is 16.4. The number of carboxylic acids is 1. The average Bonchev–Trinajstić information content (AvgIpc) is 2.99. The Labute approximate surface area is 124 Å². The second-order valence-corrected chi connectivity index (χ2v) is 6.31. The van der Waals surface area contributed by atoms with Crippen LogP contribution in [0.4, 0.5) is 4.79 Å². The summed E-state index contributed by atoms with van der Waals surface area (Å²) in [6.45, 7) is 3.59. The highest BCUT2D eigenvalue weighted by Gasteiger charge is 2.41. The van der Waals surface area contributed by atoms with Crippen LogP contribution in [-0.4, -0.2) is 87.8 Å². The van der Waals surface area contributed by atoms with Crippen LogP contribution in [0.15, 0.2) is 0 Å². The minimum atomic E-state index is -1.03. The summed E-state index contributed by atoms with van der Waals surface area (Å²) in [5, 5.41) is 18.9. The number of hydrogen-bond donors (Lipinski definition) is 2. The third kappa shape index (κ3) is 2.85. The average molecular weight is 297 g/mol. The summed E-state index contributed by atoms with van der Waals surface area (Å²) in [6.07, 6.45) is 2.60. The van der Waals surface area contributed by atoms with Crippen LogP contribution in [0.1, 0.15) is 25.7 Å².